The molecule has 0 radical (unpaired) electrons. The van der Waals surface area contributed by atoms with Gasteiger partial charge in [-0.2, -0.15) is 0 Å². The fourth-order valence-electron chi connectivity index (χ4n) is 2.18. The molecular formula is C18H24N2O. The zero-order valence-corrected chi connectivity index (χ0v) is 13.1. The summed E-state index contributed by atoms with van der Waals surface area (Å²) in [5.74, 6) is 0.927. The van der Waals surface area contributed by atoms with E-state index in [1.807, 2.05) is 19.2 Å². The first-order valence-corrected chi connectivity index (χ1v) is 7.59. The van der Waals surface area contributed by atoms with Crippen molar-refractivity contribution in [2.75, 3.05) is 13.7 Å². The van der Waals surface area contributed by atoms with Gasteiger partial charge in [0.2, 0.25) is 0 Å². The molecule has 0 spiro atoms. The van der Waals surface area contributed by atoms with Crippen LogP contribution in [0, 0.1) is 6.92 Å². The largest absolute Gasteiger partial charge is 0.494 e. The van der Waals surface area contributed by atoms with E-state index in [-0.39, 0.29) is 0 Å². The molecule has 1 aromatic heterocycles. The van der Waals surface area contributed by atoms with Crippen LogP contribution in [0.25, 0.3) is 11.3 Å². The van der Waals surface area contributed by atoms with Crippen molar-refractivity contribution in [1.29, 1.82) is 0 Å². The fourth-order valence-corrected chi connectivity index (χ4v) is 2.18. The molecule has 21 heavy (non-hydrogen) atoms. The molecule has 2 aromatic rings. The number of aryl methyl sites for hydroxylation is 1. The fraction of sp³-hybridized carbons (Fsp3) is 0.389. The number of hydrogen-bond donors (Lipinski definition) is 1. The van der Waals surface area contributed by atoms with Gasteiger partial charge in [0, 0.05) is 17.8 Å². The Morgan fingerprint density at radius 1 is 1.10 bits per heavy atom. The summed E-state index contributed by atoms with van der Waals surface area (Å²) < 4.78 is 5.68. The maximum atomic E-state index is 5.68. The van der Waals surface area contributed by atoms with Crippen LogP contribution < -0.4 is 10.1 Å². The van der Waals surface area contributed by atoms with E-state index in [4.69, 9.17) is 4.74 Å². The first-order valence-electron chi connectivity index (χ1n) is 7.59. The van der Waals surface area contributed by atoms with Gasteiger partial charge in [0.05, 0.1) is 12.3 Å². The molecule has 112 valence electrons. The lowest BCUT2D eigenvalue weighted by molar-refractivity contribution is 0.309. The number of rotatable bonds is 7. The van der Waals surface area contributed by atoms with E-state index in [1.54, 1.807) is 0 Å². The minimum atomic E-state index is 0.784. The molecule has 1 heterocycles. The number of hydrogen-bond acceptors (Lipinski definition) is 3. The van der Waals surface area contributed by atoms with Crippen molar-refractivity contribution in [1.82, 2.24) is 10.3 Å². The quantitative estimate of drug-likeness (QED) is 0.782. The molecule has 2 rings (SSSR count). The zero-order chi connectivity index (χ0) is 15.1. The van der Waals surface area contributed by atoms with Crippen LogP contribution in [-0.2, 0) is 6.54 Å². The summed E-state index contributed by atoms with van der Waals surface area (Å²) in [6, 6.07) is 12.4. The highest BCUT2D eigenvalue weighted by molar-refractivity contribution is 5.60. The Labute approximate surface area is 127 Å². The lowest BCUT2D eigenvalue weighted by atomic mass is 10.1. The lowest BCUT2D eigenvalue weighted by Gasteiger charge is -2.09. The molecule has 0 aliphatic rings. The number of benzene rings is 1. The van der Waals surface area contributed by atoms with Gasteiger partial charge in [-0.3, -0.25) is 4.98 Å². The average molecular weight is 284 g/mol. The van der Waals surface area contributed by atoms with Gasteiger partial charge in [-0.15, -0.1) is 0 Å². The van der Waals surface area contributed by atoms with Gasteiger partial charge in [-0.1, -0.05) is 19.4 Å². The standard InChI is InChI=1S/C18H24N2O/c1-4-5-12-21-17-9-6-15(7-10-17)18-11-8-16(13-19-3)14(2)20-18/h6-11,19H,4-5,12-13H2,1-3H3. The number of aromatic nitrogens is 1. The molecule has 1 N–H and O–H groups in total. The number of nitrogens with zero attached hydrogens (tertiary/aromatic N) is 1. The monoisotopic (exact) mass is 284 g/mol. The van der Waals surface area contributed by atoms with Crippen molar-refractivity contribution in [3.8, 4) is 17.0 Å². The Hall–Kier alpha value is -1.87. The van der Waals surface area contributed by atoms with Gasteiger partial charge in [-0.25, -0.2) is 0 Å². The van der Waals surface area contributed by atoms with Gasteiger partial charge in [0.25, 0.3) is 0 Å². The molecule has 0 bridgehead atoms. The van der Waals surface area contributed by atoms with Crippen LogP contribution in [0.5, 0.6) is 5.75 Å². The van der Waals surface area contributed by atoms with Crippen molar-refractivity contribution in [3.05, 3.63) is 47.7 Å². The number of nitrogens with one attached hydrogen (secondary N) is 1. The van der Waals surface area contributed by atoms with Gasteiger partial charge >= 0.3 is 0 Å². The molecule has 0 unspecified atom stereocenters. The van der Waals surface area contributed by atoms with Gasteiger partial charge in [0.15, 0.2) is 0 Å². The molecular weight excluding hydrogens is 260 g/mol. The summed E-state index contributed by atoms with van der Waals surface area (Å²) in [6.07, 6.45) is 2.25. The van der Waals surface area contributed by atoms with Crippen molar-refractivity contribution in [3.63, 3.8) is 0 Å². The molecule has 0 saturated carbocycles. The van der Waals surface area contributed by atoms with E-state index in [0.29, 0.717) is 0 Å². The third-order valence-corrected chi connectivity index (χ3v) is 3.48. The summed E-state index contributed by atoms with van der Waals surface area (Å²) in [7, 11) is 1.95. The van der Waals surface area contributed by atoms with Gasteiger partial charge in [-0.05, 0) is 56.3 Å². The van der Waals surface area contributed by atoms with Crippen LogP contribution in [0.4, 0.5) is 0 Å². The van der Waals surface area contributed by atoms with Crippen LogP contribution in [-0.4, -0.2) is 18.6 Å². The number of pyridine rings is 1. The van der Waals surface area contributed by atoms with Crippen LogP contribution in [0.15, 0.2) is 36.4 Å². The molecule has 3 nitrogen and oxygen atoms in total. The highest BCUT2D eigenvalue weighted by Crippen LogP contribution is 2.22. The Morgan fingerprint density at radius 2 is 1.86 bits per heavy atom. The summed E-state index contributed by atoms with van der Waals surface area (Å²) in [6.45, 7) is 5.85. The van der Waals surface area contributed by atoms with Crippen molar-refractivity contribution in [2.45, 2.75) is 33.2 Å². The number of unbranched alkanes of at least 4 members (excludes halogenated alkanes) is 1. The minimum absolute atomic E-state index is 0.784. The molecule has 0 aliphatic carbocycles. The van der Waals surface area contributed by atoms with E-state index in [1.165, 1.54) is 5.56 Å². The van der Waals surface area contributed by atoms with E-state index in [0.717, 1.165) is 48.7 Å². The Balaban J connectivity index is 2.09. The topological polar surface area (TPSA) is 34.1 Å². The van der Waals surface area contributed by atoms with Gasteiger partial charge in [0.1, 0.15) is 5.75 Å². The van der Waals surface area contributed by atoms with Crippen molar-refractivity contribution >= 4 is 0 Å². The molecule has 0 saturated heterocycles. The maximum Gasteiger partial charge on any atom is 0.119 e. The summed E-state index contributed by atoms with van der Waals surface area (Å²) in [4.78, 5) is 4.69. The van der Waals surface area contributed by atoms with Crippen LogP contribution in [0.3, 0.4) is 0 Å². The lowest BCUT2D eigenvalue weighted by Crippen LogP contribution is -2.07. The Kier molecular flexibility index (Phi) is 5.76. The second-order valence-corrected chi connectivity index (χ2v) is 5.20. The van der Waals surface area contributed by atoms with Crippen LogP contribution >= 0.6 is 0 Å². The van der Waals surface area contributed by atoms with Crippen molar-refractivity contribution in [2.24, 2.45) is 0 Å². The highest BCUT2D eigenvalue weighted by atomic mass is 16.5. The van der Waals surface area contributed by atoms with Crippen molar-refractivity contribution < 1.29 is 4.74 Å². The second kappa shape index (κ2) is 7.79. The molecule has 0 amide bonds. The Bertz CT molecular complexity index is 564. The molecule has 3 heteroatoms. The van der Waals surface area contributed by atoms with Crippen LogP contribution in [0.2, 0.25) is 0 Å². The first-order chi connectivity index (χ1) is 10.2. The smallest absolute Gasteiger partial charge is 0.119 e. The van der Waals surface area contributed by atoms with E-state index in [2.05, 4.69) is 48.4 Å². The number of ether oxygens (including phenoxy) is 1. The molecule has 0 aliphatic heterocycles. The summed E-state index contributed by atoms with van der Waals surface area (Å²) >= 11 is 0. The normalized spacial score (nSPS) is 10.6. The highest BCUT2D eigenvalue weighted by Gasteiger charge is 2.04. The zero-order valence-electron chi connectivity index (χ0n) is 13.1. The minimum Gasteiger partial charge on any atom is -0.494 e. The van der Waals surface area contributed by atoms with E-state index in [9.17, 15) is 0 Å². The third kappa shape index (κ3) is 4.30. The molecule has 0 fully saturated rings. The summed E-state index contributed by atoms with van der Waals surface area (Å²) in [5.41, 5.74) is 4.44. The molecule has 0 atom stereocenters. The first kappa shape index (κ1) is 15.5. The van der Waals surface area contributed by atoms with E-state index >= 15 is 0 Å². The maximum absolute atomic E-state index is 5.68. The Morgan fingerprint density at radius 3 is 2.48 bits per heavy atom. The molecule has 1 aromatic carbocycles. The van der Waals surface area contributed by atoms with E-state index < -0.39 is 0 Å². The average Bonchev–Trinajstić information content (AvgIpc) is 2.50. The third-order valence-electron chi connectivity index (χ3n) is 3.48. The van der Waals surface area contributed by atoms with Crippen LogP contribution in [0.1, 0.15) is 31.0 Å². The van der Waals surface area contributed by atoms with Gasteiger partial charge < -0.3 is 10.1 Å². The predicted molar refractivity (Wildman–Crippen MR) is 87.6 cm³/mol. The predicted octanol–water partition coefficient (Wildman–Crippen LogP) is 3.96. The SMILES string of the molecule is CCCCOc1ccc(-c2ccc(CNC)c(C)n2)cc1. The second-order valence-electron chi connectivity index (χ2n) is 5.20. The summed E-state index contributed by atoms with van der Waals surface area (Å²) in [5, 5.41) is 3.16.